The molecule has 7 heteroatoms. The predicted molar refractivity (Wildman–Crippen MR) is 91.9 cm³/mol. The average Bonchev–Trinajstić information content (AvgIpc) is 2.59. The predicted octanol–water partition coefficient (Wildman–Crippen LogP) is 2.64. The van der Waals surface area contributed by atoms with Gasteiger partial charge in [0.15, 0.2) is 0 Å². The number of rotatable bonds is 3. The van der Waals surface area contributed by atoms with Crippen LogP contribution in [0.4, 0.5) is 11.5 Å². The number of hydrogen-bond donors (Lipinski definition) is 1. The van der Waals surface area contributed by atoms with Gasteiger partial charge in [-0.3, -0.25) is 4.79 Å². The SMILES string of the molecule is Cc1cc(NC(=O)c2cc(N3CCOCC3)ncn2)ccc1Br. The van der Waals surface area contributed by atoms with Crippen molar-refractivity contribution in [3.8, 4) is 0 Å². The molecule has 6 nitrogen and oxygen atoms in total. The van der Waals surface area contributed by atoms with Gasteiger partial charge in [0.1, 0.15) is 17.8 Å². The van der Waals surface area contributed by atoms with E-state index in [9.17, 15) is 4.79 Å². The normalized spacial score (nSPS) is 14.6. The number of amides is 1. The molecule has 0 saturated carbocycles. The van der Waals surface area contributed by atoms with Gasteiger partial charge in [0.05, 0.1) is 13.2 Å². The summed E-state index contributed by atoms with van der Waals surface area (Å²) in [6, 6.07) is 7.38. The first-order valence-corrected chi connectivity index (χ1v) is 8.15. The topological polar surface area (TPSA) is 67.4 Å². The van der Waals surface area contributed by atoms with Gasteiger partial charge in [0.2, 0.25) is 0 Å². The molecule has 1 aromatic carbocycles. The van der Waals surface area contributed by atoms with Crippen LogP contribution in [-0.2, 0) is 4.74 Å². The van der Waals surface area contributed by atoms with E-state index in [2.05, 4.69) is 36.1 Å². The summed E-state index contributed by atoms with van der Waals surface area (Å²) in [7, 11) is 0. The molecule has 23 heavy (non-hydrogen) atoms. The van der Waals surface area contributed by atoms with Gasteiger partial charge in [0.25, 0.3) is 5.91 Å². The molecule has 0 spiro atoms. The molecule has 0 radical (unpaired) electrons. The number of nitrogens with zero attached hydrogens (tertiary/aromatic N) is 3. The second-order valence-corrected chi connectivity index (χ2v) is 6.13. The fourth-order valence-corrected chi connectivity index (χ4v) is 2.60. The summed E-state index contributed by atoms with van der Waals surface area (Å²) < 4.78 is 6.34. The lowest BCUT2D eigenvalue weighted by Gasteiger charge is -2.27. The number of carbonyl (C=O) groups excluding carboxylic acids is 1. The van der Waals surface area contributed by atoms with Crippen LogP contribution in [-0.4, -0.2) is 42.2 Å². The Kier molecular flexibility index (Phi) is 4.88. The summed E-state index contributed by atoms with van der Waals surface area (Å²) in [4.78, 5) is 22.8. The van der Waals surface area contributed by atoms with Crippen molar-refractivity contribution in [2.75, 3.05) is 36.5 Å². The lowest BCUT2D eigenvalue weighted by atomic mass is 10.2. The molecule has 1 aromatic heterocycles. The van der Waals surface area contributed by atoms with E-state index >= 15 is 0 Å². The lowest BCUT2D eigenvalue weighted by molar-refractivity contribution is 0.102. The van der Waals surface area contributed by atoms with E-state index in [-0.39, 0.29) is 5.91 Å². The van der Waals surface area contributed by atoms with Crippen molar-refractivity contribution < 1.29 is 9.53 Å². The maximum absolute atomic E-state index is 12.4. The summed E-state index contributed by atoms with van der Waals surface area (Å²) >= 11 is 3.45. The van der Waals surface area contributed by atoms with E-state index < -0.39 is 0 Å². The summed E-state index contributed by atoms with van der Waals surface area (Å²) in [6.07, 6.45) is 1.42. The molecule has 1 aliphatic rings. The third kappa shape index (κ3) is 3.86. The number of morpholine rings is 1. The number of anilines is 2. The van der Waals surface area contributed by atoms with E-state index in [4.69, 9.17) is 4.74 Å². The van der Waals surface area contributed by atoms with E-state index in [1.54, 1.807) is 6.07 Å². The van der Waals surface area contributed by atoms with E-state index in [0.717, 1.165) is 34.6 Å². The Labute approximate surface area is 143 Å². The summed E-state index contributed by atoms with van der Waals surface area (Å²) in [5, 5.41) is 2.86. The Morgan fingerprint density at radius 1 is 1.26 bits per heavy atom. The van der Waals surface area contributed by atoms with Crippen LogP contribution < -0.4 is 10.2 Å². The minimum Gasteiger partial charge on any atom is -0.378 e. The van der Waals surface area contributed by atoms with Gasteiger partial charge in [-0.1, -0.05) is 15.9 Å². The van der Waals surface area contributed by atoms with Gasteiger partial charge in [0, 0.05) is 29.3 Å². The van der Waals surface area contributed by atoms with Crippen molar-refractivity contribution in [1.29, 1.82) is 0 Å². The molecule has 1 N–H and O–H groups in total. The Balaban J connectivity index is 1.75. The van der Waals surface area contributed by atoms with Crippen molar-refractivity contribution in [2.24, 2.45) is 0 Å². The number of carbonyl (C=O) groups is 1. The minimum absolute atomic E-state index is 0.247. The van der Waals surface area contributed by atoms with Gasteiger partial charge >= 0.3 is 0 Å². The number of benzene rings is 1. The maximum Gasteiger partial charge on any atom is 0.274 e. The Bertz CT molecular complexity index is 717. The van der Waals surface area contributed by atoms with Crippen LogP contribution >= 0.6 is 15.9 Å². The Morgan fingerprint density at radius 3 is 2.78 bits per heavy atom. The molecule has 120 valence electrons. The number of aromatic nitrogens is 2. The lowest BCUT2D eigenvalue weighted by Crippen LogP contribution is -2.37. The summed E-state index contributed by atoms with van der Waals surface area (Å²) in [6.45, 7) is 4.85. The van der Waals surface area contributed by atoms with E-state index in [1.165, 1.54) is 6.33 Å². The highest BCUT2D eigenvalue weighted by molar-refractivity contribution is 9.10. The second kappa shape index (κ2) is 7.06. The smallest absolute Gasteiger partial charge is 0.274 e. The van der Waals surface area contributed by atoms with E-state index in [0.29, 0.717) is 18.9 Å². The number of nitrogens with one attached hydrogen (secondary N) is 1. The molecule has 2 heterocycles. The summed E-state index contributed by atoms with van der Waals surface area (Å²) in [5.74, 6) is 0.504. The molecular formula is C16H17BrN4O2. The van der Waals surface area contributed by atoms with Crippen molar-refractivity contribution in [2.45, 2.75) is 6.92 Å². The maximum atomic E-state index is 12.4. The zero-order valence-corrected chi connectivity index (χ0v) is 14.3. The molecule has 0 unspecified atom stereocenters. The van der Waals surface area contributed by atoms with Gasteiger partial charge in [-0.25, -0.2) is 9.97 Å². The third-order valence-electron chi connectivity index (χ3n) is 3.64. The number of ether oxygens (including phenoxy) is 1. The molecule has 1 aliphatic heterocycles. The molecule has 1 saturated heterocycles. The quantitative estimate of drug-likeness (QED) is 0.891. The molecule has 1 fully saturated rings. The average molecular weight is 377 g/mol. The Morgan fingerprint density at radius 2 is 2.04 bits per heavy atom. The first kappa shape index (κ1) is 15.9. The highest BCUT2D eigenvalue weighted by Gasteiger charge is 2.15. The Hall–Kier alpha value is -1.99. The number of hydrogen-bond acceptors (Lipinski definition) is 5. The van der Waals surface area contributed by atoms with Gasteiger partial charge in [-0.05, 0) is 30.7 Å². The molecule has 0 bridgehead atoms. The van der Waals surface area contributed by atoms with Crippen molar-refractivity contribution in [1.82, 2.24) is 9.97 Å². The monoisotopic (exact) mass is 376 g/mol. The highest BCUT2D eigenvalue weighted by atomic mass is 79.9. The second-order valence-electron chi connectivity index (χ2n) is 5.28. The largest absolute Gasteiger partial charge is 0.378 e. The zero-order valence-electron chi connectivity index (χ0n) is 12.8. The van der Waals surface area contributed by atoms with Crippen LogP contribution in [0, 0.1) is 6.92 Å². The highest BCUT2D eigenvalue weighted by Crippen LogP contribution is 2.20. The fourth-order valence-electron chi connectivity index (χ4n) is 2.35. The van der Waals surface area contributed by atoms with Crippen LogP contribution in [0.3, 0.4) is 0 Å². The molecule has 3 rings (SSSR count). The third-order valence-corrected chi connectivity index (χ3v) is 4.53. The van der Waals surface area contributed by atoms with Crippen LogP contribution in [0.15, 0.2) is 35.1 Å². The molecular weight excluding hydrogens is 360 g/mol. The first-order valence-electron chi connectivity index (χ1n) is 7.36. The van der Waals surface area contributed by atoms with Crippen molar-refractivity contribution >= 4 is 33.3 Å². The molecule has 2 aromatic rings. The molecule has 0 aliphatic carbocycles. The van der Waals surface area contributed by atoms with Crippen LogP contribution in [0.5, 0.6) is 0 Å². The minimum atomic E-state index is -0.247. The summed E-state index contributed by atoms with van der Waals surface area (Å²) in [5.41, 5.74) is 2.14. The van der Waals surface area contributed by atoms with Crippen LogP contribution in [0.1, 0.15) is 16.1 Å². The number of aryl methyl sites for hydroxylation is 1. The van der Waals surface area contributed by atoms with Crippen molar-refractivity contribution in [3.63, 3.8) is 0 Å². The molecule has 0 atom stereocenters. The standard InChI is InChI=1S/C16H17BrN4O2/c1-11-8-12(2-3-13(11)17)20-16(22)14-9-15(19-10-18-14)21-4-6-23-7-5-21/h2-3,8-10H,4-7H2,1H3,(H,20,22). The first-order chi connectivity index (χ1) is 11.1. The van der Waals surface area contributed by atoms with Gasteiger partial charge < -0.3 is 15.0 Å². The van der Waals surface area contributed by atoms with Crippen molar-refractivity contribution in [3.05, 3.63) is 46.3 Å². The van der Waals surface area contributed by atoms with Gasteiger partial charge in [-0.15, -0.1) is 0 Å². The van der Waals surface area contributed by atoms with Crippen LogP contribution in [0.25, 0.3) is 0 Å². The molecule has 1 amide bonds. The number of halogens is 1. The van der Waals surface area contributed by atoms with E-state index in [1.807, 2.05) is 25.1 Å². The van der Waals surface area contributed by atoms with Gasteiger partial charge in [-0.2, -0.15) is 0 Å². The van der Waals surface area contributed by atoms with Crippen LogP contribution in [0.2, 0.25) is 0 Å². The zero-order chi connectivity index (χ0) is 16.2. The fraction of sp³-hybridized carbons (Fsp3) is 0.312.